The van der Waals surface area contributed by atoms with Crippen LogP contribution in [-0.2, 0) is 4.79 Å². The van der Waals surface area contributed by atoms with E-state index < -0.39 is 18.0 Å². The number of hydrogen-bond donors (Lipinski definition) is 2. The predicted octanol–water partition coefficient (Wildman–Crippen LogP) is 2.23. The van der Waals surface area contributed by atoms with Crippen LogP contribution in [0.15, 0.2) is 36.7 Å². The van der Waals surface area contributed by atoms with Crippen molar-refractivity contribution in [2.75, 3.05) is 16.9 Å². The van der Waals surface area contributed by atoms with Gasteiger partial charge in [-0.2, -0.15) is 0 Å². The Bertz CT molecular complexity index is 701. The zero-order valence-electron chi connectivity index (χ0n) is 11.0. The van der Waals surface area contributed by atoms with Crippen molar-refractivity contribution < 1.29 is 14.7 Å². The van der Waals surface area contributed by atoms with Gasteiger partial charge in [-0.1, -0.05) is 12.1 Å². The molecule has 0 spiro atoms. The average Bonchev–Trinajstić information content (AvgIpc) is 2.97. The summed E-state index contributed by atoms with van der Waals surface area (Å²) in [6.45, 7) is 0. The predicted molar refractivity (Wildman–Crippen MR) is 81.3 cm³/mol. The molecule has 2 heterocycles. The Balaban J connectivity index is 1.85. The smallest absolute Gasteiger partial charge is 0.327 e. The van der Waals surface area contributed by atoms with Crippen LogP contribution in [0, 0.1) is 0 Å². The first-order valence-electron chi connectivity index (χ1n) is 6.38. The number of fused-ring (bicyclic) bond motifs is 1. The number of rotatable bonds is 2. The number of carboxylic acids is 1. The zero-order chi connectivity index (χ0) is 14.8. The highest BCUT2D eigenvalue weighted by atomic mass is 32.2. The summed E-state index contributed by atoms with van der Waals surface area (Å²) >= 11 is 1.44. The van der Waals surface area contributed by atoms with Crippen molar-refractivity contribution in [1.82, 2.24) is 9.88 Å². The molecule has 0 bridgehead atoms. The summed E-state index contributed by atoms with van der Waals surface area (Å²) in [5, 5.41) is 13.7. The lowest BCUT2D eigenvalue weighted by molar-refractivity contribution is -0.140. The Labute approximate surface area is 125 Å². The summed E-state index contributed by atoms with van der Waals surface area (Å²) in [5.41, 5.74) is 0.654. The number of benzene rings is 1. The van der Waals surface area contributed by atoms with Crippen LogP contribution in [0.4, 0.5) is 10.5 Å². The van der Waals surface area contributed by atoms with Gasteiger partial charge in [0, 0.05) is 28.9 Å². The van der Waals surface area contributed by atoms with Gasteiger partial charge in [-0.15, -0.1) is 11.8 Å². The van der Waals surface area contributed by atoms with Gasteiger partial charge in [0.1, 0.15) is 6.04 Å². The van der Waals surface area contributed by atoms with E-state index in [1.807, 2.05) is 18.2 Å². The lowest BCUT2D eigenvalue weighted by Crippen LogP contribution is -2.43. The number of pyridine rings is 1. The molecule has 1 aromatic heterocycles. The Hall–Kier alpha value is -2.28. The first-order valence-corrected chi connectivity index (χ1v) is 7.53. The summed E-state index contributed by atoms with van der Waals surface area (Å²) in [4.78, 5) is 28.8. The molecule has 1 aromatic carbocycles. The number of hydrogen-bond acceptors (Lipinski definition) is 4. The number of nitrogens with one attached hydrogen (secondary N) is 1. The molecule has 7 heteroatoms. The molecule has 0 aliphatic carbocycles. The molecular weight excluding hydrogens is 290 g/mol. The molecule has 1 saturated heterocycles. The van der Waals surface area contributed by atoms with Gasteiger partial charge in [0.2, 0.25) is 0 Å². The topological polar surface area (TPSA) is 82.5 Å². The van der Waals surface area contributed by atoms with E-state index in [-0.39, 0.29) is 0 Å². The van der Waals surface area contributed by atoms with Gasteiger partial charge in [-0.25, -0.2) is 9.59 Å². The van der Waals surface area contributed by atoms with Crippen LogP contribution in [-0.4, -0.2) is 44.7 Å². The fraction of sp³-hybridized carbons (Fsp3) is 0.214. The highest BCUT2D eigenvalue weighted by molar-refractivity contribution is 7.99. The molecule has 2 aromatic rings. The maximum absolute atomic E-state index is 12.3. The van der Waals surface area contributed by atoms with Crippen molar-refractivity contribution in [3.05, 3.63) is 36.7 Å². The van der Waals surface area contributed by atoms with Crippen molar-refractivity contribution in [1.29, 1.82) is 0 Å². The van der Waals surface area contributed by atoms with Crippen molar-refractivity contribution in [2.24, 2.45) is 0 Å². The van der Waals surface area contributed by atoms with Gasteiger partial charge in [-0.3, -0.25) is 4.98 Å². The second-order valence-corrected chi connectivity index (χ2v) is 5.66. The van der Waals surface area contributed by atoms with Gasteiger partial charge in [0.25, 0.3) is 0 Å². The minimum atomic E-state index is -0.975. The van der Waals surface area contributed by atoms with Crippen molar-refractivity contribution >= 4 is 40.2 Å². The number of anilines is 1. The third-order valence-corrected chi connectivity index (χ3v) is 4.36. The van der Waals surface area contributed by atoms with Gasteiger partial charge < -0.3 is 15.3 Å². The Morgan fingerprint density at radius 3 is 3.05 bits per heavy atom. The first kappa shape index (κ1) is 13.7. The molecular formula is C14H13N3O3S. The van der Waals surface area contributed by atoms with Gasteiger partial charge in [0.05, 0.1) is 11.6 Å². The molecule has 1 atom stereocenters. The lowest BCUT2D eigenvalue weighted by atomic mass is 10.1. The van der Waals surface area contributed by atoms with E-state index in [1.165, 1.54) is 16.7 Å². The molecule has 0 saturated carbocycles. The van der Waals surface area contributed by atoms with Crippen LogP contribution < -0.4 is 5.32 Å². The summed E-state index contributed by atoms with van der Waals surface area (Å²) in [6, 6.07) is 6.18. The molecule has 3 rings (SSSR count). The maximum Gasteiger partial charge on any atom is 0.327 e. The van der Waals surface area contributed by atoms with E-state index in [0.29, 0.717) is 17.3 Å². The Morgan fingerprint density at radius 1 is 1.38 bits per heavy atom. The summed E-state index contributed by atoms with van der Waals surface area (Å²) in [5.74, 6) is -0.172. The number of carbonyl (C=O) groups excluding carboxylic acids is 1. The van der Waals surface area contributed by atoms with E-state index in [4.69, 9.17) is 5.11 Å². The number of carbonyl (C=O) groups is 2. The normalized spacial score (nSPS) is 17.9. The highest BCUT2D eigenvalue weighted by Gasteiger charge is 2.34. The molecule has 1 fully saturated rings. The van der Waals surface area contributed by atoms with E-state index in [0.717, 1.165) is 10.8 Å². The average molecular weight is 303 g/mol. The maximum atomic E-state index is 12.3. The van der Waals surface area contributed by atoms with Crippen LogP contribution in [0.5, 0.6) is 0 Å². The largest absolute Gasteiger partial charge is 0.480 e. The molecule has 0 radical (unpaired) electrons. The van der Waals surface area contributed by atoms with Crippen LogP contribution in [0.3, 0.4) is 0 Å². The second kappa shape index (κ2) is 5.61. The highest BCUT2D eigenvalue weighted by Crippen LogP contribution is 2.25. The van der Waals surface area contributed by atoms with Crippen molar-refractivity contribution in [2.45, 2.75) is 6.04 Å². The number of carboxylic acid groups (broad SMARTS) is 1. The monoisotopic (exact) mass is 303 g/mol. The SMILES string of the molecule is O=C(O)[C@@H]1CSCN1C(=O)Nc1cccc2cnccc12. The second-order valence-electron chi connectivity index (χ2n) is 4.66. The quantitative estimate of drug-likeness (QED) is 0.889. The minimum absolute atomic E-state index is 0.384. The van der Waals surface area contributed by atoms with E-state index in [2.05, 4.69) is 10.3 Å². The summed E-state index contributed by atoms with van der Waals surface area (Å²) < 4.78 is 0. The van der Waals surface area contributed by atoms with Crippen molar-refractivity contribution in [3.8, 4) is 0 Å². The summed E-state index contributed by atoms with van der Waals surface area (Å²) in [7, 11) is 0. The number of amides is 2. The van der Waals surface area contributed by atoms with Crippen LogP contribution in [0.2, 0.25) is 0 Å². The van der Waals surface area contributed by atoms with Crippen LogP contribution in [0.1, 0.15) is 0 Å². The molecule has 2 N–H and O–H groups in total. The first-order chi connectivity index (χ1) is 10.2. The number of thioether (sulfide) groups is 1. The summed E-state index contributed by atoms with van der Waals surface area (Å²) in [6.07, 6.45) is 3.38. The zero-order valence-corrected chi connectivity index (χ0v) is 11.8. The number of aliphatic carboxylic acids is 1. The molecule has 1 aliphatic heterocycles. The molecule has 108 valence electrons. The van der Waals surface area contributed by atoms with E-state index in [9.17, 15) is 9.59 Å². The van der Waals surface area contributed by atoms with E-state index in [1.54, 1.807) is 18.5 Å². The van der Waals surface area contributed by atoms with E-state index >= 15 is 0 Å². The molecule has 6 nitrogen and oxygen atoms in total. The fourth-order valence-corrected chi connectivity index (χ4v) is 3.41. The standard InChI is InChI=1S/C14H13N3O3S/c18-13(19)12-7-21-8-17(12)14(20)16-11-3-1-2-9-6-15-5-4-10(9)11/h1-6,12H,7-8H2,(H,16,20)(H,18,19)/t12-/m0/s1. The lowest BCUT2D eigenvalue weighted by Gasteiger charge is -2.21. The van der Waals surface area contributed by atoms with Gasteiger partial charge >= 0.3 is 12.0 Å². The third-order valence-electron chi connectivity index (χ3n) is 3.35. The number of nitrogens with zero attached hydrogens (tertiary/aromatic N) is 2. The minimum Gasteiger partial charge on any atom is -0.480 e. The number of urea groups is 1. The number of aromatic nitrogens is 1. The fourth-order valence-electron chi connectivity index (χ4n) is 2.27. The third kappa shape index (κ3) is 2.64. The Morgan fingerprint density at radius 2 is 2.24 bits per heavy atom. The van der Waals surface area contributed by atoms with Crippen LogP contribution >= 0.6 is 11.8 Å². The van der Waals surface area contributed by atoms with Crippen LogP contribution in [0.25, 0.3) is 10.8 Å². The molecule has 2 amide bonds. The Kier molecular flexibility index (Phi) is 3.66. The molecule has 21 heavy (non-hydrogen) atoms. The van der Waals surface area contributed by atoms with Gasteiger partial charge in [-0.05, 0) is 12.1 Å². The molecule has 0 unspecified atom stereocenters. The van der Waals surface area contributed by atoms with Gasteiger partial charge in [0.15, 0.2) is 0 Å². The molecule has 1 aliphatic rings. The van der Waals surface area contributed by atoms with Crippen molar-refractivity contribution in [3.63, 3.8) is 0 Å².